The highest BCUT2D eigenvalue weighted by Gasteiger charge is 2.52. The Bertz CT molecular complexity index is 1200. The second-order valence-corrected chi connectivity index (χ2v) is 15.1. The van der Waals surface area contributed by atoms with Gasteiger partial charge in [0, 0.05) is 18.9 Å². The van der Waals surface area contributed by atoms with E-state index in [0.29, 0.717) is 11.3 Å². The Morgan fingerprint density at radius 1 is 1.11 bits per heavy atom. The number of hydrogen-bond acceptors (Lipinski definition) is 13. The summed E-state index contributed by atoms with van der Waals surface area (Å²) < 4.78 is 18.0. The van der Waals surface area contributed by atoms with Crippen LogP contribution in [0.25, 0.3) is 0 Å². The minimum Gasteiger partial charge on any atom is -0.459 e. The van der Waals surface area contributed by atoms with E-state index < -0.39 is 95.8 Å². The first kappa shape index (κ1) is 39.4. The third-order valence-corrected chi connectivity index (χ3v) is 11.2. The van der Waals surface area contributed by atoms with Crippen LogP contribution in [0.4, 0.5) is 0 Å². The lowest BCUT2D eigenvalue weighted by molar-refractivity contribution is -0.298. The highest BCUT2D eigenvalue weighted by Crippen LogP contribution is 2.39. The molecule has 0 bridgehead atoms. The van der Waals surface area contributed by atoms with Crippen molar-refractivity contribution in [3.05, 3.63) is 27.3 Å². The summed E-state index contributed by atoms with van der Waals surface area (Å²) in [6.07, 6.45) is -8.25. The van der Waals surface area contributed by atoms with Crippen LogP contribution in [0.2, 0.25) is 0 Å². The molecular formula is C33H54N2O11S. The molecule has 2 aliphatic heterocycles. The van der Waals surface area contributed by atoms with E-state index in [-0.39, 0.29) is 18.7 Å². The number of aliphatic hydroxyl groups excluding tert-OH is 3. The van der Waals surface area contributed by atoms with Gasteiger partial charge in [-0.2, -0.15) is 4.91 Å². The summed E-state index contributed by atoms with van der Waals surface area (Å²) in [5.41, 5.74) is -3.77. The summed E-state index contributed by atoms with van der Waals surface area (Å²) >= 11 is 1.28. The van der Waals surface area contributed by atoms with E-state index in [4.69, 9.17) is 14.2 Å². The standard InChI is InChI=1S/C33H54N2O11S/c1-10-23-33(8,42)27(38)18(4)24(34-43)16(2)15-32(7,41)28(19(5)25(36)20(6)30(40)45-23)46-31-26(37)21(14-17(3)44-31)35(9)29(39)22-12-11-13-47-22/h11-13,16-21,23-28,31,36-38,41-42H,10,14-15H2,1-9H3/t16-,17-,18+,19+,20-,21+,23-,24?,25+,26-,27-,28-,31+,32?,33-/m1/s1. The summed E-state index contributed by atoms with van der Waals surface area (Å²) in [5.74, 6) is -4.83. The van der Waals surface area contributed by atoms with Gasteiger partial charge < -0.3 is 44.6 Å². The molecule has 14 heteroatoms. The molecule has 3 rings (SSSR count). The maximum atomic E-state index is 13.3. The number of rotatable bonds is 6. The molecule has 0 spiro atoms. The SMILES string of the molecule is CC[C@H]1OC(=O)[C@H](C)[C@@H](O)[C@H](C)[C@@H](O[C@@H]2O[C@H](C)C[C@H](N(C)C(=O)c3cccs3)[C@H]2O)C(C)(O)C[C@@H](C)C(N=O)[C@H](C)[C@@H](O)[C@]1(C)O. The summed E-state index contributed by atoms with van der Waals surface area (Å²) in [7, 11) is 1.59. The van der Waals surface area contributed by atoms with Crippen molar-refractivity contribution in [2.75, 3.05) is 7.05 Å². The predicted molar refractivity (Wildman–Crippen MR) is 174 cm³/mol. The lowest BCUT2D eigenvalue weighted by atomic mass is 9.72. The number of ether oxygens (including phenoxy) is 3. The van der Waals surface area contributed by atoms with Crippen LogP contribution in [0.15, 0.2) is 22.7 Å². The first-order valence-corrected chi connectivity index (χ1v) is 17.3. The molecule has 2 aliphatic rings. The van der Waals surface area contributed by atoms with E-state index in [1.807, 2.05) is 0 Å². The number of carbonyl (C=O) groups is 2. The topological polar surface area (TPSA) is 196 Å². The average Bonchev–Trinajstić information content (AvgIpc) is 3.56. The summed E-state index contributed by atoms with van der Waals surface area (Å²) in [6.45, 7) is 12.5. The Balaban J connectivity index is 2.02. The number of hydrogen-bond donors (Lipinski definition) is 5. The van der Waals surface area contributed by atoms with Crippen molar-refractivity contribution in [3.63, 3.8) is 0 Å². The fourth-order valence-corrected chi connectivity index (χ4v) is 8.09. The number of aliphatic hydroxyl groups is 5. The first-order valence-electron chi connectivity index (χ1n) is 16.4. The number of esters is 1. The molecule has 1 aromatic heterocycles. The van der Waals surface area contributed by atoms with Crippen LogP contribution < -0.4 is 0 Å². The zero-order chi connectivity index (χ0) is 35.6. The third-order valence-electron chi connectivity index (χ3n) is 10.3. The van der Waals surface area contributed by atoms with E-state index in [2.05, 4.69) is 5.18 Å². The molecule has 0 saturated carbocycles. The van der Waals surface area contributed by atoms with Crippen molar-refractivity contribution in [3.8, 4) is 0 Å². The largest absolute Gasteiger partial charge is 0.459 e. The first-order chi connectivity index (χ1) is 21.8. The van der Waals surface area contributed by atoms with Gasteiger partial charge in [0.2, 0.25) is 0 Å². The highest BCUT2D eigenvalue weighted by atomic mass is 32.1. The molecule has 268 valence electrons. The van der Waals surface area contributed by atoms with Crippen molar-refractivity contribution in [1.82, 2.24) is 4.90 Å². The van der Waals surface area contributed by atoms with Crippen LogP contribution in [0.3, 0.4) is 0 Å². The predicted octanol–water partition coefficient (Wildman–Crippen LogP) is 2.70. The highest BCUT2D eigenvalue weighted by molar-refractivity contribution is 7.12. The van der Waals surface area contributed by atoms with E-state index in [0.717, 1.165) is 0 Å². The quantitative estimate of drug-likeness (QED) is 0.218. The summed E-state index contributed by atoms with van der Waals surface area (Å²) in [6, 6.07) is 1.66. The van der Waals surface area contributed by atoms with E-state index in [1.165, 1.54) is 37.0 Å². The Morgan fingerprint density at radius 2 is 1.74 bits per heavy atom. The molecule has 1 amide bonds. The maximum absolute atomic E-state index is 13.3. The lowest BCUT2D eigenvalue weighted by Gasteiger charge is -2.47. The van der Waals surface area contributed by atoms with Gasteiger partial charge in [0.1, 0.15) is 17.8 Å². The monoisotopic (exact) mass is 686 g/mol. The van der Waals surface area contributed by atoms with Crippen LogP contribution in [0.1, 0.15) is 84.3 Å². The molecule has 0 aliphatic carbocycles. The van der Waals surface area contributed by atoms with Gasteiger partial charge in [0.15, 0.2) is 6.29 Å². The van der Waals surface area contributed by atoms with Crippen LogP contribution in [0, 0.1) is 28.6 Å². The van der Waals surface area contributed by atoms with E-state index in [1.54, 1.807) is 59.2 Å². The average molecular weight is 687 g/mol. The fourth-order valence-electron chi connectivity index (χ4n) is 7.39. The van der Waals surface area contributed by atoms with Crippen molar-refractivity contribution in [1.29, 1.82) is 0 Å². The fraction of sp³-hybridized carbons (Fsp3) is 0.818. The van der Waals surface area contributed by atoms with Gasteiger partial charge in [-0.3, -0.25) is 9.59 Å². The molecule has 0 aromatic carbocycles. The van der Waals surface area contributed by atoms with Crippen LogP contribution in [-0.4, -0.2) is 116 Å². The minimum absolute atomic E-state index is 0.112. The maximum Gasteiger partial charge on any atom is 0.311 e. The molecule has 3 heterocycles. The zero-order valence-corrected chi connectivity index (χ0v) is 29.7. The zero-order valence-electron chi connectivity index (χ0n) is 28.8. The van der Waals surface area contributed by atoms with Crippen molar-refractivity contribution in [2.45, 2.75) is 141 Å². The Kier molecular flexibility index (Phi) is 13.1. The van der Waals surface area contributed by atoms with Gasteiger partial charge in [0.25, 0.3) is 5.91 Å². The molecule has 47 heavy (non-hydrogen) atoms. The number of likely N-dealkylation sites (N-methyl/N-ethyl adjacent to an activating group) is 1. The smallest absolute Gasteiger partial charge is 0.311 e. The molecule has 5 N–H and O–H groups in total. The lowest BCUT2D eigenvalue weighted by Crippen LogP contribution is -2.60. The molecule has 2 fully saturated rings. The molecule has 13 nitrogen and oxygen atoms in total. The second-order valence-electron chi connectivity index (χ2n) is 14.2. The van der Waals surface area contributed by atoms with Crippen LogP contribution >= 0.6 is 11.3 Å². The van der Waals surface area contributed by atoms with Gasteiger partial charge >= 0.3 is 5.97 Å². The molecule has 0 radical (unpaired) electrons. The molecule has 2 unspecified atom stereocenters. The van der Waals surface area contributed by atoms with Gasteiger partial charge in [-0.1, -0.05) is 38.9 Å². The second kappa shape index (κ2) is 15.7. The normalized spacial score (nSPS) is 44.2. The number of amides is 1. The van der Waals surface area contributed by atoms with Gasteiger partial charge in [-0.25, -0.2) is 0 Å². The van der Waals surface area contributed by atoms with Crippen molar-refractivity contribution < 1.29 is 49.3 Å². The Morgan fingerprint density at radius 3 is 2.30 bits per heavy atom. The third kappa shape index (κ3) is 8.41. The van der Waals surface area contributed by atoms with Crippen molar-refractivity contribution >= 4 is 23.2 Å². The number of cyclic esters (lactones) is 1. The molecule has 2 saturated heterocycles. The summed E-state index contributed by atoms with van der Waals surface area (Å²) in [5, 5.41) is 62.8. The minimum atomic E-state index is -1.96. The van der Waals surface area contributed by atoms with Crippen molar-refractivity contribution in [2.24, 2.45) is 28.8 Å². The molecule has 1 aromatic rings. The van der Waals surface area contributed by atoms with E-state index >= 15 is 0 Å². The number of carbonyl (C=O) groups excluding carboxylic acids is 2. The molecular weight excluding hydrogens is 632 g/mol. The number of thiophene rings is 1. The van der Waals surface area contributed by atoms with Gasteiger partial charge in [-0.15, -0.1) is 11.3 Å². The Labute approximate surface area is 281 Å². The van der Waals surface area contributed by atoms with Gasteiger partial charge in [0.05, 0.1) is 52.9 Å². The molecule has 15 atom stereocenters. The van der Waals surface area contributed by atoms with E-state index in [9.17, 15) is 40.0 Å². The Hall–Kier alpha value is -2.04. The number of nitroso groups, excluding NO2 is 1. The summed E-state index contributed by atoms with van der Waals surface area (Å²) in [4.78, 5) is 40.7. The van der Waals surface area contributed by atoms with Crippen LogP contribution in [-0.2, 0) is 19.0 Å². The number of nitrogens with zero attached hydrogens (tertiary/aromatic N) is 2. The van der Waals surface area contributed by atoms with Crippen LogP contribution in [0.5, 0.6) is 0 Å². The van der Waals surface area contributed by atoms with Gasteiger partial charge in [-0.05, 0) is 64.3 Å².